The van der Waals surface area contributed by atoms with Gasteiger partial charge in [0, 0.05) is 11.4 Å². The second-order valence-electron chi connectivity index (χ2n) is 10.6. The molecule has 0 fully saturated rings. The molecule has 0 atom stereocenters. The minimum Gasteiger partial charge on any atom is -0.453 e. The minimum atomic E-state index is -9.68. The van der Waals surface area contributed by atoms with E-state index in [-0.39, 0.29) is 11.3 Å². The number of benzene rings is 1. The first kappa shape index (κ1) is 49.0. The van der Waals surface area contributed by atoms with Crippen LogP contribution in [0.3, 0.4) is 0 Å². The molecule has 55 heavy (non-hydrogen) atoms. The average Bonchev–Trinajstić information content (AvgIpc) is 3.00. The molecule has 320 valence electrons. The summed E-state index contributed by atoms with van der Waals surface area (Å²) in [5, 5.41) is 3.67. The van der Waals surface area contributed by atoms with Gasteiger partial charge in [-0.05, 0) is 24.6 Å². The Morgan fingerprint density at radius 3 is 1.20 bits per heavy atom. The fourth-order valence-electron chi connectivity index (χ4n) is 3.56. The average molecular weight is 870 g/mol. The van der Waals surface area contributed by atoms with Crippen LogP contribution in [0.5, 0.6) is 0 Å². The lowest BCUT2D eigenvalue weighted by Gasteiger charge is -2.45. The summed E-state index contributed by atoms with van der Waals surface area (Å²) in [6, 6.07) is 2.92. The molecule has 1 aromatic rings. The standard InChI is InChI=1S/C24H15F25N2O4/c1-8-3-4-9(7-10(8)51-11(52)54-2)50-12(53)55-6-5-13(25,26)14(27,28)15(29,30)16(31,32)17(33,34)18(35,36)19(37,38)20(39,40)21(41,42)22(43,44)23(45,46)24(47,48)49/h3-4,7H,5-6H2,1-2H3,(H,50,53)(H,51,52). The van der Waals surface area contributed by atoms with Crippen molar-refractivity contribution in [3.05, 3.63) is 23.8 Å². The van der Waals surface area contributed by atoms with Crippen LogP contribution in [-0.4, -0.2) is 97.2 Å². The van der Waals surface area contributed by atoms with Crippen molar-refractivity contribution in [2.75, 3.05) is 24.4 Å². The zero-order valence-corrected chi connectivity index (χ0v) is 25.7. The van der Waals surface area contributed by atoms with Crippen LogP contribution in [0.2, 0.25) is 0 Å². The normalized spacial score (nSPS) is 15.1. The Bertz CT molecular complexity index is 1570. The molecule has 31 heteroatoms. The van der Waals surface area contributed by atoms with Gasteiger partial charge in [-0.15, -0.1) is 0 Å². The van der Waals surface area contributed by atoms with Gasteiger partial charge in [-0.3, -0.25) is 10.6 Å². The van der Waals surface area contributed by atoms with Crippen molar-refractivity contribution in [3.63, 3.8) is 0 Å². The van der Waals surface area contributed by atoms with Crippen molar-refractivity contribution in [2.24, 2.45) is 0 Å². The first-order chi connectivity index (χ1) is 24.0. The number of carbonyl (C=O) groups is 2. The quantitative estimate of drug-likeness (QED) is 0.172. The summed E-state index contributed by atoms with van der Waals surface area (Å²) in [5.41, 5.74) is -0.390. The third-order valence-corrected chi connectivity index (χ3v) is 6.92. The van der Waals surface area contributed by atoms with E-state index in [2.05, 4.69) is 14.8 Å². The smallest absolute Gasteiger partial charge is 0.453 e. The van der Waals surface area contributed by atoms with E-state index in [9.17, 15) is 119 Å². The molecule has 0 heterocycles. The van der Waals surface area contributed by atoms with E-state index in [0.29, 0.717) is 0 Å². The van der Waals surface area contributed by atoms with E-state index < -0.39 is 102 Å². The minimum absolute atomic E-state index is 0.155. The Labute approximate surface area is 286 Å². The van der Waals surface area contributed by atoms with Gasteiger partial charge < -0.3 is 9.47 Å². The molecule has 0 saturated heterocycles. The Balaban J connectivity index is 3.48. The summed E-state index contributed by atoms with van der Waals surface area (Å²) < 4.78 is 347. The number of nitrogens with one attached hydrogen (secondary N) is 2. The summed E-state index contributed by atoms with van der Waals surface area (Å²) in [7, 11) is 0.888. The molecule has 0 aliphatic rings. The van der Waals surface area contributed by atoms with Crippen LogP contribution in [0.15, 0.2) is 18.2 Å². The van der Waals surface area contributed by atoms with Crippen LogP contribution in [0.1, 0.15) is 12.0 Å². The number of hydrogen-bond donors (Lipinski definition) is 2. The highest BCUT2D eigenvalue weighted by molar-refractivity contribution is 5.89. The van der Waals surface area contributed by atoms with Crippen LogP contribution in [-0.2, 0) is 9.47 Å². The van der Waals surface area contributed by atoms with E-state index in [0.717, 1.165) is 25.3 Å². The second-order valence-corrected chi connectivity index (χ2v) is 10.6. The number of aryl methyl sites for hydroxylation is 1. The lowest BCUT2D eigenvalue weighted by atomic mass is 9.84. The number of alkyl halides is 25. The number of hydrogen-bond acceptors (Lipinski definition) is 4. The van der Waals surface area contributed by atoms with Gasteiger partial charge in [0.2, 0.25) is 0 Å². The van der Waals surface area contributed by atoms with Crippen LogP contribution in [0.25, 0.3) is 0 Å². The molecule has 0 aliphatic carbocycles. The van der Waals surface area contributed by atoms with Gasteiger partial charge in [0.05, 0.1) is 20.1 Å². The SMILES string of the molecule is COC(=O)Nc1cc(NC(=O)OCCC(F)(F)C(F)(F)C(F)(F)C(F)(F)C(F)(F)C(F)(F)C(F)(F)C(F)(F)C(F)(F)C(F)(F)C(F)(F)C(F)(F)F)ccc1C. The fourth-order valence-corrected chi connectivity index (χ4v) is 3.56. The molecule has 0 aromatic heterocycles. The first-order valence-electron chi connectivity index (χ1n) is 13.1. The number of carbonyl (C=O) groups excluding carboxylic acids is 2. The van der Waals surface area contributed by atoms with Gasteiger partial charge in [0.1, 0.15) is 0 Å². The molecule has 1 aromatic carbocycles. The highest BCUT2D eigenvalue weighted by atomic mass is 19.4. The summed E-state index contributed by atoms with van der Waals surface area (Å²) in [6.07, 6.45) is -14.6. The van der Waals surface area contributed by atoms with Crippen molar-refractivity contribution in [1.82, 2.24) is 0 Å². The summed E-state index contributed by atoms with van der Waals surface area (Å²) >= 11 is 0. The molecule has 0 spiro atoms. The van der Waals surface area contributed by atoms with Crippen LogP contribution in [0, 0.1) is 6.92 Å². The highest BCUT2D eigenvalue weighted by Gasteiger charge is 2.99. The highest BCUT2D eigenvalue weighted by Crippen LogP contribution is 2.67. The summed E-state index contributed by atoms with van der Waals surface area (Å²) in [5.74, 6) is -99.5. The molecular weight excluding hydrogens is 855 g/mol. The van der Waals surface area contributed by atoms with Gasteiger partial charge >= 0.3 is 83.5 Å². The summed E-state index contributed by atoms with van der Waals surface area (Å²) in [6.45, 7) is -1.04. The zero-order chi connectivity index (χ0) is 44.3. The molecule has 0 radical (unpaired) electrons. The second kappa shape index (κ2) is 14.2. The molecule has 1 rings (SSSR count). The van der Waals surface area contributed by atoms with E-state index in [4.69, 9.17) is 0 Å². The Hall–Kier alpha value is -3.99. The van der Waals surface area contributed by atoms with Gasteiger partial charge in [0.25, 0.3) is 0 Å². The molecule has 2 N–H and O–H groups in total. The Kier molecular flexibility index (Phi) is 12.6. The number of anilines is 2. The maximum Gasteiger partial charge on any atom is 0.460 e. The number of methoxy groups -OCH3 is 1. The monoisotopic (exact) mass is 870 g/mol. The maximum absolute atomic E-state index is 14.1. The van der Waals surface area contributed by atoms with Gasteiger partial charge in [-0.2, -0.15) is 110 Å². The molecule has 6 nitrogen and oxygen atoms in total. The van der Waals surface area contributed by atoms with Gasteiger partial charge in [-0.1, -0.05) is 6.07 Å². The Morgan fingerprint density at radius 1 is 0.509 bits per heavy atom. The van der Waals surface area contributed by atoms with E-state index in [1.165, 1.54) is 6.92 Å². The number of amides is 2. The predicted molar refractivity (Wildman–Crippen MR) is 127 cm³/mol. The van der Waals surface area contributed by atoms with E-state index in [1.807, 2.05) is 0 Å². The molecule has 0 saturated carbocycles. The fraction of sp³-hybridized carbons (Fsp3) is 0.667. The maximum atomic E-state index is 14.1. The largest absolute Gasteiger partial charge is 0.460 e. The molecule has 0 aliphatic heterocycles. The zero-order valence-electron chi connectivity index (χ0n) is 25.7. The third-order valence-electron chi connectivity index (χ3n) is 6.92. The van der Waals surface area contributed by atoms with Gasteiger partial charge in [0.15, 0.2) is 0 Å². The van der Waals surface area contributed by atoms with Gasteiger partial charge in [-0.25, -0.2) is 9.59 Å². The van der Waals surface area contributed by atoms with E-state index >= 15 is 0 Å². The number of halogens is 25. The Morgan fingerprint density at radius 2 is 0.855 bits per heavy atom. The van der Waals surface area contributed by atoms with Crippen molar-refractivity contribution in [1.29, 1.82) is 0 Å². The predicted octanol–water partition coefficient (Wildman–Crippen LogP) is 10.7. The molecule has 0 unspecified atom stereocenters. The van der Waals surface area contributed by atoms with E-state index in [1.54, 1.807) is 5.32 Å². The number of rotatable bonds is 15. The number of ether oxygens (including phenoxy) is 2. The van der Waals surface area contributed by atoms with Crippen LogP contribution in [0.4, 0.5) is 131 Å². The topological polar surface area (TPSA) is 76.7 Å². The van der Waals surface area contributed by atoms with Crippen molar-refractivity contribution in [2.45, 2.75) is 84.7 Å². The third kappa shape index (κ3) is 7.38. The van der Waals surface area contributed by atoms with Crippen LogP contribution < -0.4 is 10.6 Å². The lowest BCUT2D eigenvalue weighted by Crippen LogP contribution is -2.78. The molecular formula is C24H15F25N2O4. The van der Waals surface area contributed by atoms with Crippen molar-refractivity contribution in [3.8, 4) is 0 Å². The molecule has 0 bridgehead atoms. The molecule has 2 amide bonds. The summed E-state index contributed by atoms with van der Waals surface area (Å²) in [4.78, 5) is 23.1. The lowest BCUT2D eigenvalue weighted by molar-refractivity contribution is -0.482. The van der Waals surface area contributed by atoms with Crippen LogP contribution >= 0.6 is 0 Å². The van der Waals surface area contributed by atoms with Crippen molar-refractivity contribution < 1.29 is 129 Å². The first-order valence-corrected chi connectivity index (χ1v) is 13.1. The van der Waals surface area contributed by atoms with Crippen molar-refractivity contribution >= 4 is 23.6 Å².